The molecule has 0 spiro atoms. The lowest BCUT2D eigenvalue weighted by atomic mass is 9.97. The van der Waals surface area contributed by atoms with Gasteiger partial charge in [-0.3, -0.25) is 4.79 Å². The molecule has 0 unspecified atom stereocenters. The van der Waals surface area contributed by atoms with Crippen molar-refractivity contribution < 1.29 is 14.3 Å². The highest BCUT2D eigenvalue weighted by atomic mass is 35.5. The number of nitrogens with one attached hydrogen (secondary N) is 1. The van der Waals surface area contributed by atoms with Crippen LogP contribution in [0.5, 0.6) is 0 Å². The first-order valence-corrected chi connectivity index (χ1v) is 10.1. The van der Waals surface area contributed by atoms with Gasteiger partial charge in [-0.15, -0.1) is 11.8 Å². The molecule has 1 aromatic rings. The molecule has 1 amide bonds. The van der Waals surface area contributed by atoms with E-state index in [1.807, 2.05) is 12.3 Å². The second-order valence-electron chi connectivity index (χ2n) is 6.04. The fourth-order valence-electron chi connectivity index (χ4n) is 2.69. The van der Waals surface area contributed by atoms with Crippen LogP contribution in [0.15, 0.2) is 34.7 Å². The average molecular weight is 382 g/mol. The number of ether oxygens (including phenoxy) is 1. The van der Waals surface area contributed by atoms with Gasteiger partial charge in [0.25, 0.3) is 5.91 Å². The van der Waals surface area contributed by atoms with Crippen molar-refractivity contribution in [1.82, 2.24) is 5.32 Å². The molecular weight excluding hydrogens is 358 g/mol. The van der Waals surface area contributed by atoms with Crippen LogP contribution in [0.4, 0.5) is 0 Å². The molecule has 0 heterocycles. The van der Waals surface area contributed by atoms with E-state index in [0.29, 0.717) is 11.6 Å². The minimum absolute atomic E-state index is 0.278. The monoisotopic (exact) mass is 381 g/mol. The summed E-state index contributed by atoms with van der Waals surface area (Å²) in [6.45, 7) is 2.13. The van der Waals surface area contributed by atoms with Gasteiger partial charge in [0, 0.05) is 11.4 Å². The first-order valence-electron chi connectivity index (χ1n) is 8.51. The van der Waals surface area contributed by atoms with Gasteiger partial charge in [-0.05, 0) is 63.5 Å². The molecule has 0 bridgehead atoms. The first kappa shape index (κ1) is 19.9. The summed E-state index contributed by atoms with van der Waals surface area (Å²) in [6.07, 6.45) is 8.90. The molecule has 0 saturated carbocycles. The molecule has 2 rings (SSSR count). The number of allylic oxidation sites excluding steroid dienone is 1. The number of esters is 1. The van der Waals surface area contributed by atoms with Crippen molar-refractivity contribution in [2.75, 3.05) is 12.8 Å². The zero-order chi connectivity index (χ0) is 18.2. The lowest BCUT2D eigenvalue weighted by Gasteiger charge is -2.16. The maximum atomic E-state index is 12.3. The van der Waals surface area contributed by atoms with E-state index in [9.17, 15) is 9.59 Å². The predicted octanol–water partition coefficient (Wildman–Crippen LogP) is 4.61. The van der Waals surface area contributed by atoms with Crippen molar-refractivity contribution in [3.63, 3.8) is 0 Å². The van der Waals surface area contributed by atoms with Crippen LogP contribution in [0.3, 0.4) is 0 Å². The Bertz CT molecular complexity index is 660. The van der Waals surface area contributed by atoms with Gasteiger partial charge in [-0.2, -0.15) is 0 Å². The summed E-state index contributed by atoms with van der Waals surface area (Å²) in [5.74, 6) is -0.875. The van der Waals surface area contributed by atoms with Crippen LogP contribution in [-0.2, 0) is 9.53 Å². The van der Waals surface area contributed by atoms with Crippen molar-refractivity contribution in [3.05, 3.63) is 40.4 Å². The Labute approximate surface area is 158 Å². The Morgan fingerprint density at radius 2 is 2.16 bits per heavy atom. The van der Waals surface area contributed by atoms with Gasteiger partial charge in [-0.25, -0.2) is 4.79 Å². The fourth-order valence-corrected chi connectivity index (χ4v) is 3.32. The number of hydrogen-bond acceptors (Lipinski definition) is 4. The highest BCUT2D eigenvalue weighted by Crippen LogP contribution is 2.24. The van der Waals surface area contributed by atoms with Crippen LogP contribution in [0.1, 0.15) is 49.4 Å². The van der Waals surface area contributed by atoms with Crippen molar-refractivity contribution >= 4 is 35.2 Å². The second kappa shape index (κ2) is 9.88. The van der Waals surface area contributed by atoms with Gasteiger partial charge in [0.2, 0.25) is 0 Å². The fraction of sp³-hybridized carbons (Fsp3) is 0.474. The zero-order valence-electron chi connectivity index (χ0n) is 14.6. The Balaban J connectivity index is 1.83. The molecule has 0 aliphatic heterocycles. The standard InChI is InChI=1S/C19H24ClNO3S/c1-13(18(22)21-11-10-14-6-4-3-5-7-14)24-19(23)16-12-15(25-2)8-9-17(16)20/h6,8-9,12-13H,3-5,7,10-11H2,1-2H3,(H,21,22)/t13-/m0/s1. The maximum absolute atomic E-state index is 12.3. The molecule has 4 nitrogen and oxygen atoms in total. The number of thioether (sulfide) groups is 1. The van der Waals surface area contributed by atoms with E-state index in [1.54, 1.807) is 19.1 Å². The number of benzene rings is 1. The lowest BCUT2D eigenvalue weighted by molar-refractivity contribution is -0.129. The van der Waals surface area contributed by atoms with Gasteiger partial charge in [-0.1, -0.05) is 23.3 Å². The van der Waals surface area contributed by atoms with Gasteiger partial charge in [0.15, 0.2) is 6.10 Å². The number of amides is 1. The van der Waals surface area contributed by atoms with Gasteiger partial charge in [0.1, 0.15) is 0 Å². The van der Waals surface area contributed by atoms with Crippen molar-refractivity contribution in [2.45, 2.75) is 50.0 Å². The SMILES string of the molecule is CSc1ccc(Cl)c(C(=O)O[C@@H](C)C(=O)NCCC2=CCCCC2)c1. The third-order valence-corrected chi connectivity index (χ3v) is 5.23. The lowest BCUT2D eigenvalue weighted by Crippen LogP contribution is -2.36. The second-order valence-corrected chi connectivity index (χ2v) is 7.33. The molecule has 1 atom stereocenters. The van der Waals surface area contributed by atoms with Gasteiger partial charge in [0.05, 0.1) is 10.6 Å². The third-order valence-electron chi connectivity index (χ3n) is 4.18. The largest absolute Gasteiger partial charge is 0.449 e. The van der Waals surface area contributed by atoms with E-state index in [-0.39, 0.29) is 11.5 Å². The van der Waals surface area contributed by atoms with Crippen LogP contribution < -0.4 is 5.32 Å². The smallest absolute Gasteiger partial charge is 0.340 e. The van der Waals surface area contributed by atoms with Gasteiger partial charge >= 0.3 is 5.97 Å². The number of rotatable bonds is 7. The predicted molar refractivity (Wildman–Crippen MR) is 102 cm³/mol. The van der Waals surface area contributed by atoms with Crippen LogP contribution in [-0.4, -0.2) is 30.8 Å². The summed E-state index contributed by atoms with van der Waals surface area (Å²) in [4.78, 5) is 25.3. The van der Waals surface area contributed by atoms with Gasteiger partial charge < -0.3 is 10.1 Å². The quantitative estimate of drug-likeness (QED) is 0.425. The van der Waals surface area contributed by atoms with E-state index in [0.717, 1.165) is 24.2 Å². The molecule has 1 aliphatic rings. The minimum Gasteiger partial charge on any atom is -0.449 e. The van der Waals surface area contributed by atoms with Crippen molar-refractivity contribution in [1.29, 1.82) is 0 Å². The van der Waals surface area contributed by atoms with Crippen LogP contribution >= 0.6 is 23.4 Å². The molecule has 0 aromatic heterocycles. The highest BCUT2D eigenvalue weighted by Gasteiger charge is 2.20. The van der Waals surface area contributed by atoms with E-state index in [2.05, 4.69) is 11.4 Å². The minimum atomic E-state index is -0.859. The van der Waals surface area contributed by atoms with E-state index >= 15 is 0 Å². The number of carbonyl (C=O) groups is 2. The van der Waals surface area contributed by atoms with Crippen LogP contribution in [0.25, 0.3) is 0 Å². The molecule has 6 heteroatoms. The first-order chi connectivity index (χ1) is 12.0. The molecule has 1 aromatic carbocycles. The van der Waals surface area contributed by atoms with Crippen LogP contribution in [0, 0.1) is 0 Å². The number of carbonyl (C=O) groups excluding carboxylic acids is 2. The number of hydrogen-bond donors (Lipinski definition) is 1. The Kier molecular flexibility index (Phi) is 7.85. The Morgan fingerprint density at radius 3 is 2.84 bits per heavy atom. The van der Waals surface area contributed by atoms with Crippen LogP contribution in [0.2, 0.25) is 5.02 Å². The molecule has 0 saturated heterocycles. The summed E-state index contributed by atoms with van der Waals surface area (Å²) in [6, 6.07) is 5.17. The van der Waals surface area contributed by atoms with E-state index in [1.165, 1.54) is 30.2 Å². The summed E-state index contributed by atoms with van der Waals surface area (Å²) < 4.78 is 5.26. The summed E-state index contributed by atoms with van der Waals surface area (Å²) in [5, 5.41) is 3.15. The van der Waals surface area contributed by atoms with E-state index in [4.69, 9.17) is 16.3 Å². The normalized spacial score (nSPS) is 15.2. The average Bonchev–Trinajstić information content (AvgIpc) is 2.62. The van der Waals surface area contributed by atoms with E-state index < -0.39 is 12.1 Å². The summed E-state index contributed by atoms with van der Waals surface area (Å²) in [5.41, 5.74) is 1.68. The Hall–Kier alpha value is -1.46. The molecule has 25 heavy (non-hydrogen) atoms. The molecule has 0 fully saturated rings. The van der Waals surface area contributed by atoms with Crippen molar-refractivity contribution in [2.24, 2.45) is 0 Å². The summed E-state index contributed by atoms with van der Waals surface area (Å²) >= 11 is 7.57. The topological polar surface area (TPSA) is 55.4 Å². The number of halogens is 1. The molecular formula is C19H24ClNO3S. The molecule has 1 aliphatic carbocycles. The Morgan fingerprint density at radius 1 is 1.36 bits per heavy atom. The summed E-state index contributed by atoms with van der Waals surface area (Å²) in [7, 11) is 0. The molecule has 136 valence electrons. The third kappa shape index (κ3) is 6.08. The molecule has 1 N–H and O–H groups in total. The molecule has 0 radical (unpaired) electrons. The van der Waals surface area contributed by atoms with Crippen molar-refractivity contribution in [3.8, 4) is 0 Å². The zero-order valence-corrected chi connectivity index (χ0v) is 16.2. The highest BCUT2D eigenvalue weighted by molar-refractivity contribution is 7.98. The maximum Gasteiger partial charge on any atom is 0.340 e.